The van der Waals surface area contributed by atoms with Crippen molar-refractivity contribution >= 4 is 23.5 Å². The predicted molar refractivity (Wildman–Crippen MR) is 80.1 cm³/mol. The molecule has 2 N–H and O–H groups in total. The predicted octanol–water partition coefficient (Wildman–Crippen LogP) is 3.34. The van der Waals surface area contributed by atoms with Crippen molar-refractivity contribution in [2.24, 2.45) is 10.9 Å². The quantitative estimate of drug-likeness (QED) is 0.821. The molecule has 4 rings (SSSR count). The summed E-state index contributed by atoms with van der Waals surface area (Å²) in [6, 6.07) is 3.31. The van der Waals surface area contributed by atoms with Crippen LogP contribution in [0.1, 0.15) is 37.2 Å². The topological polar surface area (TPSA) is 36.4 Å². The zero-order valence-electron chi connectivity index (χ0n) is 11.3. The number of piperidine rings is 1. The van der Waals surface area contributed by atoms with Gasteiger partial charge in [0.05, 0.1) is 10.6 Å². The normalized spacial score (nSPS) is 22.9. The van der Waals surface area contributed by atoms with Crippen LogP contribution in [-0.4, -0.2) is 18.9 Å². The second-order valence-electron chi connectivity index (χ2n) is 5.84. The van der Waals surface area contributed by atoms with E-state index in [0.717, 1.165) is 47.9 Å². The van der Waals surface area contributed by atoms with Crippen LogP contribution in [0.4, 0.5) is 10.1 Å². The molecule has 106 valence electrons. The summed E-state index contributed by atoms with van der Waals surface area (Å²) >= 11 is 1.52. The fourth-order valence-corrected chi connectivity index (χ4v) is 3.88. The minimum atomic E-state index is -0.142. The molecule has 3 nitrogen and oxygen atoms in total. The molecule has 1 saturated heterocycles. The van der Waals surface area contributed by atoms with Crippen LogP contribution in [0.3, 0.4) is 0 Å². The number of fused-ring (bicyclic) bond motifs is 1. The van der Waals surface area contributed by atoms with Crippen LogP contribution < -0.4 is 10.0 Å². The highest BCUT2D eigenvalue weighted by atomic mass is 32.2. The van der Waals surface area contributed by atoms with Gasteiger partial charge in [0.15, 0.2) is 0 Å². The maximum absolute atomic E-state index is 13.9. The Balaban J connectivity index is 1.76. The van der Waals surface area contributed by atoms with Crippen LogP contribution in [-0.2, 0) is 0 Å². The molecule has 1 saturated carbocycles. The summed E-state index contributed by atoms with van der Waals surface area (Å²) in [5.41, 5.74) is 2.12. The molecule has 0 spiro atoms. The Morgan fingerprint density at radius 1 is 1.10 bits per heavy atom. The summed E-state index contributed by atoms with van der Waals surface area (Å²) in [5, 5.41) is 3.37. The molecule has 0 atom stereocenters. The highest BCUT2D eigenvalue weighted by Gasteiger charge is 2.31. The third-order valence-corrected chi connectivity index (χ3v) is 5.15. The summed E-state index contributed by atoms with van der Waals surface area (Å²) in [4.78, 5) is 5.75. The van der Waals surface area contributed by atoms with Crippen molar-refractivity contribution in [2.75, 3.05) is 13.1 Å². The summed E-state index contributed by atoms with van der Waals surface area (Å²) in [7, 11) is 0. The van der Waals surface area contributed by atoms with Crippen molar-refractivity contribution in [3.8, 4) is 0 Å². The summed E-state index contributed by atoms with van der Waals surface area (Å²) < 4.78 is 17.2. The SMILES string of the molecule is Fc1cc2c(c(C3CCNCC3)c1)N=C(C1CC1)NS2. The summed E-state index contributed by atoms with van der Waals surface area (Å²) in [6.45, 7) is 2.03. The van der Waals surface area contributed by atoms with E-state index in [-0.39, 0.29) is 5.82 Å². The van der Waals surface area contributed by atoms with Gasteiger partial charge in [0.2, 0.25) is 0 Å². The monoisotopic (exact) mass is 291 g/mol. The second kappa shape index (κ2) is 5.04. The molecule has 0 radical (unpaired) electrons. The van der Waals surface area contributed by atoms with Crippen molar-refractivity contribution in [3.05, 3.63) is 23.5 Å². The Labute approximate surface area is 122 Å². The smallest absolute Gasteiger partial charge is 0.124 e. The average molecular weight is 291 g/mol. The highest BCUT2D eigenvalue weighted by molar-refractivity contribution is 7.98. The van der Waals surface area contributed by atoms with Gasteiger partial charge in [-0.15, -0.1) is 0 Å². The molecule has 1 aromatic rings. The number of rotatable bonds is 2. The van der Waals surface area contributed by atoms with Crippen LogP contribution in [0.15, 0.2) is 22.0 Å². The molecule has 1 aliphatic carbocycles. The molecule has 0 unspecified atom stereocenters. The van der Waals surface area contributed by atoms with Crippen molar-refractivity contribution < 1.29 is 4.39 Å². The lowest BCUT2D eigenvalue weighted by molar-refractivity contribution is 0.458. The fraction of sp³-hybridized carbons (Fsp3) is 0.533. The van der Waals surface area contributed by atoms with Gasteiger partial charge in [-0.2, -0.15) is 0 Å². The molecule has 2 heterocycles. The Kier molecular flexibility index (Phi) is 3.19. The zero-order valence-corrected chi connectivity index (χ0v) is 12.1. The first kappa shape index (κ1) is 12.7. The van der Waals surface area contributed by atoms with E-state index in [0.29, 0.717) is 11.8 Å². The van der Waals surface area contributed by atoms with Gasteiger partial charge in [-0.25, -0.2) is 9.38 Å². The van der Waals surface area contributed by atoms with Crippen LogP contribution in [0, 0.1) is 11.7 Å². The number of nitrogens with one attached hydrogen (secondary N) is 2. The standard InChI is InChI=1S/C15H18FN3S/c16-11-7-12(9-3-5-17-6-4-9)14-13(8-11)20-19-15(18-14)10-1-2-10/h7-10,17H,1-6H2,(H,18,19). The first-order chi connectivity index (χ1) is 9.81. The minimum absolute atomic E-state index is 0.142. The molecule has 2 fully saturated rings. The summed E-state index contributed by atoms with van der Waals surface area (Å²) in [6.07, 6.45) is 4.60. The largest absolute Gasteiger partial charge is 0.317 e. The molecule has 0 amide bonds. The number of hydrogen-bond donors (Lipinski definition) is 2. The molecule has 0 aromatic heterocycles. The summed E-state index contributed by atoms with van der Waals surface area (Å²) in [5.74, 6) is 1.98. The maximum atomic E-state index is 13.9. The molecular weight excluding hydrogens is 273 g/mol. The van der Waals surface area contributed by atoms with Gasteiger partial charge in [0.25, 0.3) is 0 Å². The molecule has 3 aliphatic rings. The Morgan fingerprint density at radius 2 is 1.90 bits per heavy atom. The van der Waals surface area contributed by atoms with E-state index in [4.69, 9.17) is 4.99 Å². The van der Waals surface area contributed by atoms with E-state index in [9.17, 15) is 4.39 Å². The fourth-order valence-electron chi connectivity index (χ4n) is 3.02. The maximum Gasteiger partial charge on any atom is 0.124 e. The number of hydrogen-bond acceptors (Lipinski definition) is 4. The number of halogens is 1. The first-order valence-corrected chi connectivity index (χ1v) is 8.18. The Bertz CT molecular complexity index is 562. The van der Waals surface area contributed by atoms with Crippen molar-refractivity contribution in [3.63, 3.8) is 0 Å². The van der Waals surface area contributed by atoms with Crippen molar-refractivity contribution in [1.29, 1.82) is 0 Å². The van der Waals surface area contributed by atoms with E-state index in [1.807, 2.05) is 0 Å². The van der Waals surface area contributed by atoms with Crippen LogP contribution >= 0.6 is 11.9 Å². The zero-order chi connectivity index (χ0) is 13.5. The number of benzene rings is 1. The molecule has 1 aromatic carbocycles. The van der Waals surface area contributed by atoms with Gasteiger partial charge in [0, 0.05) is 5.92 Å². The second-order valence-corrected chi connectivity index (χ2v) is 6.69. The lowest BCUT2D eigenvalue weighted by Gasteiger charge is -2.27. The highest BCUT2D eigenvalue weighted by Crippen LogP contribution is 2.43. The minimum Gasteiger partial charge on any atom is -0.317 e. The number of aliphatic imine (C=N–C) groups is 1. The van der Waals surface area contributed by atoms with Gasteiger partial charge in [-0.3, -0.25) is 0 Å². The van der Waals surface area contributed by atoms with Crippen molar-refractivity contribution in [1.82, 2.24) is 10.0 Å². The van der Waals surface area contributed by atoms with E-state index in [1.165, 1.54) is 24.8 Å². The first-order valence-electron chi connectivity index (χ1n) is 7.37. The Morgan fingerprint density at radius 3 is 2.65 bits per heavy atom. The molecule has 5 heteroatoms. The molecule has 0 bridgehead atoms. The lowest BCUT2D eigenvalue weighted by Crippen LogP contribution is -2.27. The van der Waals surface area contributed by atoms with E-state index in [2.05, 4.69) is 10.0 Å². The third kappa shape index (κ3) is 2.33. The van der Waals surface area contributed by atoms with E-state index in [1.54, 1.807) is 12.1 Å². The van der Waals surface area contributed by atoms with Gasteiger partial charge < -0.3 is 10.0 Å². The van der Waals surface area contributed by atoms with Crippen LogP contribution in [0.2, 0.25) is 0 Å². The van der Waals surface area contributed by atoms with Gasteiger partial charge >= 0.3 is 0 Å². The van der Waals surface area contributed by atoms with Crippen molar-refractivity contribution in [2.45, 2.75) is 36.5 Å². The molecule has 2 aliphatic heterocycles. The Hall–Kier alpha value is -1.07. The van der Waals surface area contributed by atoms with Gasteiger partial charge in [-0.1, -0.05) is 0 Å². The third-order valence-electron chi connectivity index (χ3n) is 4.31. The van der Waals surface area contributed by atoms with Gasteiger partial charge in [-0.05, 0) is 74.3 Å². The van der Waals surface area contributed by atoms with Crippen LogP contribution in [0.25, 0.3) is 0 Å². The number of nitrogens with zero attached hydrogens (tertiary/aromatic N) is 1. The number of amidine groups is 1. The lowest BCUT2D eigenvalue weighted by atomic mass is 9.89. The average Bonchev–Trinajstić information content (AvgIpc) is 3.31. The van der Waals surface area contributed by atoms with E-state index < -0.39 is 0 Å². The van der Waals surface area contributed by atoms with E-state index >= 15 is 0 Å². The molecular formula is C15H18FN3S. The molecule has 20 heavy (non-hydrogen) atoms. The van der Waals surface area contributed by atoms with Crippen LogP contribution in [0.5, 0.6) is 0 Å². The van der Waals surface area contributed by atoms with Gasteiger partial charge in [0.1, 0.15) is 11.7 Å².